The number of likely N-dealkylation sites (N-methyl/N-ethyl adjacent to an activating group) is 1. The maximum atomic E-state index is 11.6. The number of hydrogen-bond donors (Lipinski definition) is 1. The van der Waals surface area contributed by atoms with Gasteiger partial charge in [-0.1, -0.05) is 12.1 Å². The number of nitrogens with zero attached hydrogens (tertiary/aromatic N) is 2. The molecule has 0 spiro atoms. The minimum atomic E-state index is 0.181. The summed E-state index contributed by atoms with van der Waals surface area (Å²) in [7, 11) is 3.92. The van der Waals surface area contributed by atoms with Gasteiger partial charge in [0.25, 0.3) is 0 Å². The number of rotatable bonds is 4. The smallest absolute Gasteiger partial charge is 0.231 e. The van der Waals surface area contributed by atoms with Crippen LogP contribution in [0.25, 0.3) is 0 Å². The second-order valence-corrected chi connectivity index (χ2v) is 5.00. The number of thiol groups is 1. The van der Waals surface area contributed by atoms with E-state index in [2.05, 4.69) is 36.7 Å². The van der Waals surface area contributed by atoms with Gasteiger partial charge in [-0.25, -0.2) is 0 Å². The van der Waals surface area contributed by atoms with E-state index in [1.54, 1.807) is 4.90 Å². The third-order valence-electron chi connectivity index (χ3n) is 3.16. The van der Waals surface area contributed by atoms with Gasteiger partial charge >= 0.3 is 0 Å². The molecule has 0 unspecified atom stereocenters. The zero-order valence-corrected chi connectivity index (χ0v) is 11.2. The van der Waals surface area contributed by atoms with Crippen molar-refractivity contribution in [1.82, 2.24) is 4.90 Å². The van der Waals surface area contributed by atoms with Crippen molar-refractivity contribution in [1.29, 1.82) is 0 Å². The Labute approximate surface area is 108 Å². The number of carbonyl (C=O) groups is 1. The Morgan fingerprint density at radius 2 is 2.24 bits per heavy atom. The molecule has 0 saturated heterocycles. The number of fused-ring (bicyclic) bond motifs is 1. The summed E-state index contributed by atoms with van der Waals surface area (Å²) in [4.78, 5) is 15.5. The molecule has 0 N–H and O–H groups in total. The quantitative estimate of drug-likeness (QED) is 0.820. The Hall–Kier alpha value is -1.00. The molecule has 0 aromatic heterocycles. The molecule has 0 fully saturated rings. The molecule has 0 radical (unpaired) electrons. The lowest BCUT2D eigenvalue weighted by Gasteiger charge is -2.16. The van der Waals surface area contributed by atoms with Gasteiger partial charge in [0, 0.05) is 31.6 Å². The third-order valence-corrected chi connectivity index (χ3v) is 3.36. The second-order valence-electron chi connectivity index (χ2n) is 4.55. The van der Waals surface area contributed by atoms with Crippen LogP contribution in [0, 0.1) is 0 Å². The first-order chi connectivity index (χ1) is 8.11. The fourth-order valence-electron chi connectivity index (χ4n) is 2.18. The monoisotopic (exact) mass is 250 g/mol. The van der Waals surface area contributed by atoms with E-state index in [9.17, 15) is 4.79 Å². The molecule has 17 heavy (non-hydrogen) atoms. The van der Waals surface area contributed by atoms with Crippen LogP contribution < -0.4 is 4.90 Å². The minimum Gasteiger partial charge on any atom is -0.315 e. The first-order valence-corrected chi connectivity index (χ1v) is 6.43. The van der Waals surface area contributed by atoms with Gasteiger partial charge in [0.05, 0.1) is 6.42 Å². The van der Waals surface area contributed by atoms with Crippen molar-refractivity contribution in [3.8, 4) is 0 Å². The Morgan fingerprint density at radius 3 is 2.94 bits per heavy atom. The molecular formula is C13H18N2OS. The first-order valence-electron chi connectivity index (χ1n) is 5.79. The topological polar surface area (TPSA) is 23.6 Å². The number of anilines is 1. The van der Waals surface area contributed by atoms with E-state index in [1.165, 1.54) is 5.56 Å². The Bertz CT molecular complexity index is 433. The maximum absolute atomic E-state index is 11.6. The molecule has 0 atom stereocenters. The zero-order valence-electron chi connectivity index (χ0n) is 10.3. The second kappa shape index (κ2) is 5.10. The Kier molecular flexibility index (Phi) is 3.74. The van der Waals surface area contributed by atoms with Crippen LogP contribution in [0.5, 0.6) is 0 Å². The molecule has 92 valence electrons. The van der Waals surface area contributed by atoms with Crippen LogP contribution in [0.1, 0.15) is 11.1 Å². The summed E-state index contributed by atoms with van der Waals surface area (Å²) in [5.41, 5.74) is 3.46. The van der Waals surface area contributed by atoms with E-state index in [0.717, 1.165) is 30.1 Å². The SMILES string of the molecule is CN(CCS)Cc1ccc2c(c1)CC(=O)N2C. The normalized spacial score (nSPS) is 14.6. The van der Waals surface area contributed by atoms with Crippen LogP contribution in [-0.4, -0.2) is 37.2 Å². The summed E-state index contributed by atoms with van der Waals surface area (Å²) in [6.45, 7) is 1.88. The number of amides is 1. The highest BCUT2D eigenvalue weighted by molar-refractivity contribution is 7.80. The highest BCUT2D eigenvalue weighted by atomic mass is 32.1. The maximum Gasteiger partial charge on any atom is 0.231 e. The van der Waals surface area contributed by atoms with E-state index in [1.807, 2.05) is 13.1 Å². The number of benzene rings is 1. The van der Waals surface area contributed by atoms with Gasteiger partial charge in [-0.3, -0.25) is 4.79 Å². The van der Waals surface area contributed by atoms with Gasteiger partial charge in [-0.2, -0.15) is 12.6 Å². The number of hydrogen-bond acceptors (Lipinski definition) is 3. The molecule has 0 aliphatic carbocycles. The Balaban J connectivity index is 2.13. The van der Waals surface area contributed by atoms with Crippen molar-refractivity contribution < 1.29 is 4.79 Å². The van der Waals surface area contributed by atoms with E-state index in [0.29, 0.717) is 6.42 Å². The highest BCUT2D eigenvalue weighted by Gasteiger charge is 2.23. The van der Waals surface area contributed by atoms with Crippen molar-refractivity contribution in [2.24, 2.45) is 0 Å². The fourth-order valence-corrected chi connectivity index (χ4v) is 2.52. The predicted octanol–water partition coefficient (Wildman–Crippen LogP) is 1.57. The standard InChI is InChI=1S/C13H18N2OS/c1-14(5-6-17)9-10-3-4-12-11(7-10)8-13(16)15(12)2/h3-4,7,17H,5-6,8-9H2,1-2H3. The van der Waals surface area contributed by atoms with Gasteiger partial charge in [0.1, 0.15) is 0 Å². The molecular weight excluding hydrogens is 232 g/mol. The lowest BCUT2D eigenvalue weighted by molar-refractivity contribution is -0.117. The highest BCUT2D eigenvalue weighted by Crippen LogP contribution is 2.28. The lowest BCUT2D eigenvalue weighted by Crippen LogP contribution is -2.20. The summed E-state index contributed by atoms with van der Waals surface area (Å²) in [5, 5.41) is 0. The first kappa shape index (κ1) is 12.5. The molecule has 0 saturated carbocycles. The van der Waals surface area contributed by atoms with Gasteiger partial charge in [-0.15, -0.1) is 0 Å². The van der Waals surface area contributed by atoms with Crippen LogP contribution in [0.3, 0.4) is 0 Å². The summed E-state index contributed by atoms with van der Waals surface area (Å²) in [5.74, 6) is 1.05. The third kappa shape index (κ3) is 2.64. The molecule has 1 aliphatic rings. The molecule has 4 heteroatoms. The van der Waals surface area contributed by atoms with E-state index in [-0.39, 0.29) is 5.91 Å². The van der Waals surface area contributed by atoms with E-state index in [4.69, 9.17) is 0 Å². The van der Waals surface area contributed by atoms with Crippen LogP contribution in [0.15, 0.2) is 18.2 Å². The average molecular weight is 250 g/mol. The predicted molar refractivity (Wildman–Crippen MR) is 73.7 cm³/mol. The van der Waals surface area contributed by atoms with Gasteiger partial charge < -0.3 is 9.80 Å². The fraction of sp³-hybridized carbons (Fsp3) is 0.462. The molecule has 3 nitrogen and oxygen atoms in total. The average Bonchev–Trinajstić information content (AvgIpc) is 2.55. The molecule has 1 heterocycles. The largest absolute Gasteiger partial charge is 0.315 e. The van der Waals surface area contributed by atoms with Crippen molar-refractivity contribution in [2.45, 2.75) is 13.0 Å². The Morgan fingerprint density at radius 1 is 1.47 bits per heavy atom. The van der Waals surface area contributed by atoms with Crippen molar-refractivity contribution >= 4 is 24.2 Å². The molecule has 1 aromatic rings. The van der Waals surface area contributed by atoms with Crippen LogP contribution >= 0.6 is 12.6 Å². The zero-order chi connectivity index (χ0) is 12.4. The molecule has 1 aliphatic heterocycles. The molecule has 1 aromatic carbocycles. The number of carbonyl (C=O) groups excluding carboxylic acids is 1. The van der Waals surface area contributed by atoms with Crippen molar-refractivity contribution in [3.63, 3.8) is 0 Å². The summed E-state index contributed by atoms with van der Waals surface area (Å²) < 4.78 is 0. The summed E-state index contributed by atoms with van der Waals surface area (Å²) in [6, 6.07) is 6.29. The van der Waals surface area contributed by atoms with Gasteiger partial charge in [-0.05, 0) is 24.2 Å². The molecule has 2 rings (SSSR count). The van der Waals surface area contributed by atoms with Crippen molar-refractivity contribution in [2.75, 3.05) is 31.3 Å². The van der Waals surface area contributed by atoms with Gasteiger partial charge in [0.15, 0.2) is 0 Å². The molecule has 0 bridgehead atoms. The van der Waals surface area contributed by atoms with Crippen molar-refractivity contribution in [3.05, 3.63) is 29.3 Å². The van der Waals surface area contributed by atoms with Crippen LogP contribution in [-0.2, 0) is 17.8 Å². The van der Waals surface area contributed by atoms with E-state index >= 15 is 0 Å². The van der Waals surface area contributed by atoms with E-state index < -0.39 is 0 Å². The van der Waals surface area contributed by atoms with Crippen LogP contribution in [0.2, 0.25) is 0 Å². The minimum absolute atomic E-state index is 0.181. The summed E-state index contributed by atoms with van der Waals surface area (Å²) >= 11 is 4.22. The van der Waals surface area contributed by atoms with Gasteiger partial charge in [0.2, 0.25) is 5.91 Å². The lowest BCUT2D eigenvalue weighted by atomic mass is 10.1. The molecule has 1 amide bonds. The van der Waals surface area contributed by atoms with Crippen LogP contribution in [0.4, 0.5) is 5.69 Å². The summed E-state index contributed by atoms with van der Waals surface area (Å²) in [6.07, 6.45) is 0.538.